The molecule has 12 heteroatoms. The number of nitrogens with one attached hydrogen (secondary N) is 2. The zero-order valence-corrected chi connectivity index (χ0v) is 21.1. The first kappa shape index (κ1) is 26.2. The van der Waals surface area contributed by atoms with Crippen LogP contribution >= 0.6 is 11.6 Å². The Labute approximate surface area is 222 Å². The van der Waals surface area contributed by atoms with Crippen LogP contribution < -0.4 is 15.0 Å². The zero-order chi connectivity index (χ0) is 26.5. The highest BCUT2D eigenvalue weighted by atomic mass is 35.5. The summed E-state index contributed by atoms with van der Waals surface area (Å²) in [7, 11) is 0. The normalized spacial score (nSPS) is 14.2. The molecule has 4 aromatic rings. The van der Waals surface area contributed by atoms with Crippen LogP contribution in [0.3, 0.4) is 0 Å². The molecule has 5 rings (SSSR count). The average molecular weight is 547 g/mol. The van der Waals surface area contributed by atoms with E-state index in [4.69, 9.17) is 16.3 Å². The first-order valence-electron chi connectivity index (χ1n) is 12.2. The van der Waals surface area contributed by atoms with Gasteiger partial charge in [-0.1, -0.05) is 17.7 Å². The SMILES string of the molecule is FC(F)(F)Oc1ccc(CNCCCCOC2CN(c3cc(-c4ccnnc4)cc4[nH]ncc34)C2)cc1Cl. The van der Waals surface area contributed by atoms with Crippen LogP contribution in [-0.4, -0.2) is 59.1 Å². The molecule has 0 spiro atoms. The van der Waals surface area contributed by atoms with Crippen LogP contribution in [0.1, 0.15) is 18.4 Å². The standard InChI is InChI=1S/C26H26ClF3N6O2/c27-22-9-17(3-4-25(22)38-26(28,29)30)12-31-6-1-2-8-37-20-15-36(16-20)24-11-19(18-5-7-32-33-13-18)10-23-21(24)14-34-35-23/h3-5,7,9-11,13-14,20,31H,1-2,6,8,12,15-16H2,(H,34,35). The third kappa shape index (κ3) is 6.53. The first-order valence-corrected chi connectivity index (χ1v) is 12.6. The number of hydrogen-bond acceptors (Lipinski definition) is 7. The summed E-state index contributed by atoms with van der Waals surface area (Å²) < 4.78 is 47.0. The van der Waals surface area contributed by atoms with E-state index in [1.165, 1.54) is 12.1 Å². The van der Waals surface area contributed by atoms with Crippen LogP contribution in [0.15, 0.2) is 55.0 Å². The highest BCUT2D eigenvalue weighted by Crippen LogP contribution is 2.35. The Bertz CT molecular complexity index is 1360. The molecule has 0 bridgehead atoms. The summed E-state index contributed by atoms with van der Waals surface area (Å²) >= 11 is 5.89. The van der Waals surface area contributed by atoms with E-state index in [0.717, 1.165) is 65.8 Å². The molecule has 200 valence electrons. The molecule has 0 aliphatic carbocycles. The number of benzene rings is 2. The molecule has 0 saturated carbocycles. The highest BCUT2D eigenvalue weighted by Gasteiger charge is 2.32. The summed E-state index contributed by atoms with van der Waals surface area (Å²) in [6.45, 7) is 3.55. The summed E-state index contributed by atoms with van der Waals surface area (Å²) in [4.78, 5) is 2.29. The fraction of sp³-hybridized carbons (Fsp3) is 0.346. The maximum absolute atomic E-state index is 12.3. The second-order valence-electron chi connectivity index (χ2n) is 9.05. The second kappa shape index (κ2) is 11.5. The zero-order valence-electron chi connectivity index (χ0n) is 20.3. The van der Waals surface area contributed by atoms with Crippen LogP contribution in [0.2, 0.25) is 5.02 Å². The minimum atomic E-state index is -4.76. The van der Waals surface area contributed by atoms with Gasteiger partial charge in [0.2, 0.25) is 0 Å². The molecule has 0 radical (unpaired) electrons. The lowest BCUT2D eigenvalue weighted by molar-refractivity contribution is -0.274. The second-order valence-corrected chi connectivity index (χ2v) is 9.46. The van der Waals surface area contributed by atoms with Gasteiger partial charge in [-0.3, -0.25) is 5.10 Å². The van der Waals surface area contributed by atoms with Gasteiger partial charge in [0.05, 0.1) is 35.2 Å². The summed E-state index contributed by atoms with van der Waals surface area (Å²) in [6.07, 6.45) is 2.50. The van der Waals surface area contributed by atoms with E-state index in [0.29, 0.717) is 13.2 Å². The fourth-order valence-electron chi connectivity index (χ4n) is 4.36. The smallest absolute Gasteiger partial charge is 0.404 e. The maximum atomic E-state index is 12.3. The number of hydrogen-bond donors (Lipinski definition) is 2. The van der Waals surface area contributed by atoms with Crippen molar-refractivity contribution in [2.24, 2.45) is 0 Å². The van der Waals surface area contributed by atoms with Crippen LogP contribution in [-0.2, 0) is 11.3 Å². The Morgan fingerprint density at radius 2 is 1.92 bits per heavy atom. The highest BCUT2D eigenvalue weighted by molar-refractivity contribution is 6.32. The average Bonchev–Trinajstić information content (AvgIpc) is 3.34. The molecule has 1 aliphatic heterocycles. The number of nitrogens with zero attached hydrogens (tertiary/aromatic N) is 4. The number of aromatic nitrogens is 4. The molecule has 8 nitrogen and oxygen atoms in total. The van der Waals surface area contributed by atoms with Gasteiger partial charge >= 0.3 is 6.36 Å². The number of H-pyrrole nitrogens is 1. The first-order chi connectivity index (χ1) is 18.4. The van der Waals surface area contributed by atoms with Gasteiger partial charge in [-0.15, -0.1) is 13.2 Å². The largest absolute Gasteiger partial charge is 0.573 e. The van der Waals surface area contributed by atoms with E-state index in [2.05, 4.69) is 47.5 Å². The summed E-state index contributed by atoms with van der Waals surface area (Å²) in [5, 5.41) is 19.4. The van der Waals surface area contributed by atoms with E-state index in [1.54, 1.807) is 18.5 Å². The molecular weight excluding hydrogens is 521 g/mol. The van der Waals surface area contributed by atoms with Crippen molar-refractivity contribution < 1.29 is 22.6 Å². The summed E-state index contributed by atoms with van der Waals surface area (Å²) in [5.74, 6) is -0.400. The van der Waals surface area contributed by atoms with Gasteiger partial charge in [0.25, 0.3) is 0 Å². The fourth-order valence-corrected chi connectivity index (χ4v) is 4.60. The van der Waals surface area contributed by atoms with Gasteiger partial charge in [-0.2, -0.15) is 15.3 Å². The molecular formula is C26H26ClF3N6O2. The van der Waals surface area contributed by atoms with Crippen LogP contribution in [0.5, 0.6) is 5.75 Å². The van der Waals surface area contributed by atoms with E-state index in [-0.39, 0.29) is 11.1 Å². The quantitative estimate of drug-likeness (QED) is 0.245. The molecule has 0 atom stereocenters. The van der Waals surface area contributed by atoms with Crippen molar-refractivity contribution in [1.82, 2.24) is 25.7 Å². The molecule has 1 fully saturated rings. The third-order valence-corrected chi connectivity index (χ3v) is 6.59. The number of anilines is 1. The van der Waals surface area contributed by atoms with Gasteiger partial charge in [-0.25, -0.2) is 0 Å². The Kier molecular flexibility index (Phi) is 7.96. The minimum absolute atomic E-state index is 0.0702. The van der Waals surface area contributed by atoms with Crippen molar-refractivity contribution in [2.75, 3.05) is 31.1 Å². The van der Waals surface area contributed by atoms with Crippen molar-refractivity contribution in [3.63, 3.8) is 0 Å². The number of ether oxygens (including phenoxy) is 2. The van der Waals surface area contributed by atoms with E-state index >= 15 is 0 Å². The van der Waals surface area contributed by atoms with Gasteiger partial charge in [0, 0.05) is 42.9 Å². The number of rotatable bonds is 11. The van der Waals surface area contributed by atoms with Crippen LogP contribution in [0.4, 0.5) is 18.9 Å². The van der Waals surface area contributed by atoms with Gasteiger partial charge in [-0.05, 0) is 60.8 Å². The molecule has 1 aliphatic rings. The van der Waals surface area contributed by atoms with Crippen LogP contribution in [0.25, 0.3) is 22.0 Å². The summed E-state index contributed by atoms with van der Waals surface area (Å²) in [6, 6.07) is 10.4. The lowest BCUT2D eigenvalue weighted by Crippen LogP contribution is -2.52. The molecule has 1 saturated heterocycles. The number of halogens is 4. The van der Waals surface area contributed by atoms with Gasteiger partial charge in [0.15, 0.2) is 0 Å². The van der Waals surface area contributed by atoms with Gasteiger partial charge < -0.3 is 19.7 Å². The predicted octanol–water partition coefficient (Wildman–Crippen LogP) is 5.35. The molecule has 3 heterocycles. The Morgan fingerprint density at radius 1 is 1.05 bits per heavy atom. The number of fused-ring (bicyclic) bond motifs is 1. The number of alkyl halides is 3. The molecule has 0 unspecified atom stereocenters. The van der Waals surface area contributed by atoms with Gasteiger partial charge in [0.1, 0.15) is 5.75 Å². The van der Waals surface area contributed by atoms with E-state index in [9.17, 15) is 13.2 Å². The number of unbranched alkanes of at least 4 members (excludes halogenated alkanes) is 1. The molecule has 2 N–H and O–H groups in total. The van der Waals surface area contributed by atoms with E-state index < -0.39 is 12.1 Å². The molecule has 2 aromatic heterocycles. The monoisotopic (exact) mass is 546 g/mol. The maximum Gasteiger partial charge on any atom is 0.573 e. The topological polar surface area (TPSA) is 88.2 Å². The number of aromatic amines is 1. The molecule has 0 amide bonds. The molecule has 2 aromatic carbocycles. The Hall–Kier alpha value is -3.41. The third-order valence-electron chi connectivity index (χ3n) is 6.30. The predicted molar refractivity (Wildman–Crippen MR) is 138 cm³/mol. The lowest BCUT2D eigenvalue weighted by Gasteiger charge is -2.41. The van der Waals surface area contributed by atoms with Crippen LogP contribution in [0, 0.1) is 0 Å². The van der Waals surface area contributed by atoms with Crippen molar-refractivity contribution in [2.45, 2.75) is 31.9 Å². The lowest BCUT2D eigenvalue weighted by atomic mass is 10.0. The summed E-state index contributed by atoms with van der Waals surface area (Å²) in [5.41, 5.74) is 4.92. The van der Waals surface area contributed by atoms with E-state index in [1.807, 2.05) is 12.3 Å². The van der Waals surface area contributed by atoms with Crippen molar-refractivity contribution in [3.8, 4) is 16.9 Å². The van der Waals surface area contributed by atoms with Crippen molar-refractivity contribution in [3.05, 3.63) is 65.6 Å². The minimum Gasteiger partial charge on any atom is -0.404 e. The van der Waals surface area contributed by atoms with Crippen molar-refractivity contribution >= 4 is 28.2 Å². The Balaban J connectivity index is 1.02. The van der Waals surface area contributed by atoms with Crippen molar-refractivity contribution in [1.29, 1.82) is 0 Å². The molecule has 38 heavy (non-hydrogen) atoms. The Morgan fingerprint density at radius 3 is 2.68 bits per heavy atom.